The maximum absolute atomic E-state index is 11.6. The van der Waals surface area contributed by atoms with E-state index in [4.69, 9.17) is 0 Å². The Labute approximate surface area is 140 Å². The van der Waals surface area contributed by atoms with Gasteiger partial charge in [0, 0.05) is 5.92 Å². The van der Waals surface area contributed by atoms with Gasteiger partial charge in [-0.2, -0.15) is 0 Å². The topological polar surface area (TPSA) is 31.2 Å². The van der Waals surface area contributed by atoms with E-state index in [1.54, 1.807) is 0 Å². The zero-order valence-corrected chi connectivity index (χ0v) is 14.4. The van der Waals surface area contributed by atoms with Crippen LogP contribution in [0.15, 0.2) is 24.3 Å². The quantitative estimate of drug-likeness (QED) is 0.645. The summed E-state index contributed by atoms with van der Waals surface area (Å²) in [4.78, 5) is 11.6. The van der Waals surface area contributed by atoms with Crippen LogP contribution in [0.3, 0.4) is 0 Å². The Morgan fingerprint density at radius 1 is 1.20 bits per heavy atom. The third-order valence-electron chi connectivity index (χ3n) is 2.88. The molecule has 1 heterocycles. The van der Waals surface area contributed by atoms with E-state index in [2.05, 4.69) is 18.3 Å². The Bertz CT molecular complexity index is 364. The molecule has 0 radical (unpaired) electrons. The molecule has 2 rings (SSSR count). The fraction of sp³-hybridized carbons (Fsp3) is 0.417. The van der Waals surface area contributed by atoms with Gasteiger partial charge in [-0.25, -0.2) is 0 Å². The van der Waals surface area contributed by atoms with Gasteiger partial charge in [0.2, 0.25) is 0 Å². The van der Waals surface area contributed by atoms with Gasteiger partial charge in [-0.1, -0.05) is 38.1 Å². The van der Waals surface area contributed by atoms with Gasteiger partial charge >= 0.3 is 58.2 Å². The standard InChI is InChI=1S/C12H15NO.Rb/c1-8-7-13-12(14)9(2)11-6-4-3-5-10(8)11;/h3-6,8-9H,7H2,1-2H3,(H,13,14);/q;+1/p-1. The minimum Gasteiger partial charge on any atom is -0.652 e. The van der Waals surface area contributed by atoms with Crippen LogP contribution >= 0.6 is 0 Å². The number of rotatable bonds is 0. The van der Waals surface area contributed by atoms with E-state index in [1.165, 1.54) is 5.56 Å². The van der Waals surface area contributed by atoms with Crippen molar-refractivity contribution in [1.82, 2.24) is 0 Å². The Morgan fingerprint density at radius 2 is 1.80 bits per heavy atom. The second kappa shape index (κ2) is 5.71. The van der Waals surface area contributed by atoms with Crippen LogP contribution in [0.4, 0.5) is 0 Å². The van der Waals surface area contributed by atoms with Crippen molar-refractivity contribution in [2.45, 2.75) is 25.7 Å². The van der Waals surface area contributed by atoms with Crippen LogP contribution < -0.4 is 58.2 Å². The molecule has 1 aromatic carbocycles. The normalized spacial score (nSPS) is 24.5. The summed E-state index contributed by atoms with van der Waals surface area (Å²) in [6.45, 7) is 4.68. The number of benzene rings is 1. The summed E-state index contributed by atoms with van der Waals surface area (Å²) < 4.78 is 0. The van der Waals surface area contributed by atoms with Gasteiger partial charge in [0.15, 0.2) is 0 Å². The summed E-state index contributed by atoms with van der Waals surface area (Å²) >= 11 is 0. The number of hydrogen-bond donors (Lipinski definition) is 0. The average Bonchev–Trinajstić information content (AvgIpc) is 2.33. The molecule has 0 saturated heterocycles. The zero-order valence-electron chi connectivity index (χ0n) is 9.53. The Kier molecular flexibility index (Phi) is 5.16. The number of carbonyl (C=O) groups excluding carboxylic acids is 1. The van der Waals surface area contributed by atoms with Crippen LogP contribution in [0, 0.1) is 0 Å². The van der Waals surface area contributed by atoms with Crippen molar-refractivity contribution < 1.29 is 63.0 Å². The van der Waals surface area contributed by atoms with Gasteiger partial charge in [-0.3, -0.25) is 0 Å². The maximum atomic E-state index is 11.6. The molecular formula is C12H14NORb. The Balaban J connectivity index is 0.00000112. The third kappa shape index (κ3) is 2.79. The number of hydrogen-bond acceptors (Lipinski definition) is 1. The summed E-state index contributed by atoms with van der Waals surface area (Å²) in [5, 5.41) is 4.06. The first kappa shape index (κ1) is 13.6. The smallest absolute Gasteiger partial charge is 0.652 e. The Morgan fingerprint density at radius 3 is 2.47 bits per heavy atom. The molecule has 15 heavy (non-hydrogen) atoms. The second-order valence-electron chi connectivity index (χ2n) is 3.93. The minimum absolute atomic E-state index is 0. The largest absolute Gasteiger partial charge is 1.00 e. The number of carbonyl (C=O) groups is 1. The van der Waals surface area contributed by atoms with Crippen LogP contribution in [-0.2, 0) is 4.79 Å². The summed E-state index contributed by atoms with van der Waals surface area (Å²) in [7, 11) is 0. The summed E-state index contributed by atoms with van der Waals surface area (Å²) in [5.41, 5.74) is 2.42. The van der Waals surface area contributed by atoms with E-state index in [-0.39, 0.29) is 70.0 Å². The zero-order chi connectivity index (χ0) is 10.1. The fourth-order valence-electron chi connectivity index (χ4n) is 1.95. The van der Waals surface area contributed by atoms with Crippen molar-refractivity contribution in [3.05, 3.63) is 40.7 Å². The van der Waals surface area contributed by atoms with Crippen LogP contribution in [0.1, 0.15) is 36.8 Å². The second-order valence-corrected chi connectivity index (χ2v) is 3.93. The van der Waals surface area contributed by atoms with Gasteiger partial charge in [-0.05, 0) is 17.0 Å². The first-order chi connectivity index (χ1) is 6.70. The molecular weight excluding hydrogens is 260 g/mol. The summed E-state index contributed by atoms with van der Waals surface area (Å²) in [5.74, 6) is 0.304. The Hall–Kier alpha value is 0.495. The van der Waals surface area contributed by atoms with Crippen molar-refractivity contribution in [2.75, 3.05) is 6.54 Å². The van der Waals surface area contributed by atoms with Crippen LogP contribution in [0.5, 0.6) is 0 Å². The summed E-state index contributed by atoms with van der Waals surface area (Å²) in [6, 6.07) is 8.15. The van der Waals surface area contributed by atoms with Gasteiger partial charge in [-0.15, -0.1) is 6.54 Å². The number of nitrogens with zero attached hydrogens (tertiary/aromatic N) is 1. The van der Waals surface area contributed by atoms with E-state index < -0.39 is 0 Å². The molecule has 2 atom stereocenters. The monoisotopic (exact) mass is 273 g/mol. The molecule has 0 fully saturated rings. The van der Waals surface area contributed by atoms with Crippen LogP contribution in [0.25, 0.3) is 5.32 Å². The van der Waals surface area contributed by atoms with E-state index >= 15 is 0 Å². The molecule has 1 amide bonds. The van der Waals surface area contributed by atoms with E-state index in [0.717, 1.165) is 5.56 Å². The molecule has 74 valence electrons. The van der Waals surface area contributed by atoms with E-state index in [1.807, 2.05) is 25.1 Å². The maximum Gasteiger partial charge on any atom is 1.00 e. The molecule has 2 unspecified atom stereocenters. The third-order valence-corrected chi connectivity index (χ3v) is 2.88. The molecule has 0 aliphatic carbocycles. The molecule has 1 aliphatic rings. The minimum atomic E-state index is -0.0730. The average molecular weight is 274 g/mol. The van der Waals surface area contributed by atoms with Crippen LogP contribution in [-0.4, -0.2) is 12.5 Å². The molecule has 2 nitrogen and oxygen atoms in total. The van der Waals surface area contributed by atoms with Gasteiger partial charge in [0.25, 0.3) is 0 Å². The molecule has 3 heteroatoms. The SMILES string of the molecule is CC1C[N-]C(=O)C(C)c2ccccc21.[Rb+]. The first-order valence-electron chi connectivity index (χ1n) is 5.00. The van der Waals surface area contributed by atoms with Gasteiger partial charge in [0.1, 0.15) is 0 Å². The van der Waals surface area contributed by atoms with E-state index in [9.17, 15) is 4.79 Å². The van der Waals surface area contributed by atoms with Gasteiger partial charge in [0.05, 0.1) is 5.91 Å². The summed E-state index contributed by atoms with van der Waals surface area (Å²) in [6.07, 6.45) is 0. The molecule has 0 spiro atoms. The predicted molar refractivity (Wildman–Crippen MR) is 56.5 cm³/mol. The van der Waals surface area contributed by atoms with Crippen molar-refractivity contribution in [3.8, 4) is 0 Å². The molecule has 0 N–H and O–H groups in total. The van der Waals surface area contributed by atoms with Crippen molar-refractivity contribution in [2.24, 2.45) is 0 Å². The van der Waals surface area contributed by atoms with Crippen molar-refractivity contribution in [1.29, 1.82) is 0 Å². The predicted octanol–water partition coefficient (Wildman–Crippen LogP) is -0.188. The molecule has 0 aromatic heterocycles. The molecule has 0 saturated carbocycles. The number of amides is 1. The first-order valence-corrected chi connectivity index (χ1v) is 5.00. The molecule has 1 aromatic rings. The van der Waals surface area contributed by atoms with Crippen molar-refractivity contribution >= 4 is 5.91 Å². The molecule has 1 aliphatic heterocycles. The molecule has 0 bridgehead atoms. The van der Waals surface area contributed by atoms with Gasteiger partial charge < -0.3 is 10.1 Å². The van der Waals surface area contributed by atoms with Crippen LogP contribution in [0.2, 0.25) is 0 Å². The number of fused-ring (bicyclic) bond motifs is 1. The van der Waals surface area contributed by atoms with Crippen molar-refractivity contribution in [3.63, 3.8) is 0 Å². The van der Waals surface area contributed by atoms with E-state index in [0.29, 0.717) is 12.5 Å². The fourth-order valence-corrected chi connectivity index (χ4v) is 1.95.